The highest BCUT2D eigenvalue weighted by Gasteiger charge is 2.15. The molecule has 0 saturated carbocycles. The predicted octanol–water partition coefficient (Wildman–Crippen LogP) is 1.45. The third-order valence-corrected chi connectivity index (χ3v) is 2.85. The molecule has 0 aromatic rings. The molecule has 17 heavy (non-hydrogen) atoms. The van der Waals surface area contributed by atoms with E-state index in [4.69, 9.17) is 9.47 Å². The van der Waals surface area contributed by atoms with Crippen molar-refractivity contribution in [3.05, 3.63) is 12.2 Å². The van der Waals surface area contributed by atoms with Crippen LogP contribution in [-0.4, -0.2) is 40.3 Å². The minimum absolute atomic E-state index is 0.0397. The number of ether oxygens (including phenoxy) is 2. The van der Waals surface area contributed by atoms with E-state index in [9.17, 15) is 8.42 Å². The van der Waals surface area contributed by atoms with E-state index >= 15 is 0 Å². The summed E-state index contributed by atoms with van der Waals surface area (Å²) in [5, 5.41) is 0. The summed E-state index contributed by atoms with van der Waals surface area (Å²) in [7, 11) is -3.37. The second-order valence-corrected chi connectivity index (χ2v) is 5.70. The second kappa shape index (κ2) is 7.10. The summed E-state index contributed by atoms with van der Waals surface area (Å²) in [6.07, 6.45) is 7.30. The van der Waals surface area contributed by atoms with Crippen LogP contribution in [0.3, 0.4) is 0 Å². The molecule has 100 valence electrons. The Hall–Kier alpha value is -0.430. The molecule has 0 radical (unpaired) electrons. The first-order valence-electron chi connectivity index (χ1n) is 5.75. The normalized spacial score (nSPS) is 24.0. The molecule has 1 unspecified atom stereocenters. The van der Waals surface area contributed by atoms with Gasteiger partial charge in [0, 0.05) is 6.61 Å². The summed E-state index contributed by atoms with van der Waals surface area (Å²) in [6, 6.07) is 0. The van der Waals surface area contributed by atoms with Crippen molar-refractivity contribution in [2.24, 2.45) is 0 Å². The first kappa shape index (κ1) is 14.6. The molecule has 1 aliphatic rings. The van der Waals surface area contributed by atoms with Crippen molar-refractivity contribution < 1.29 is 22.1 Å². The predicted molar refractivity (Wildman–Crippen MR) is 64.1 cm³/mol. The molecule has 0 bridgehead atoms. The number of rotatable bonds is 6. The van der Waals surface area contributed by atoms with Gasteiger partial charge in [-0.05, 0) is 26.2 Å². The molecule has 6 heteroatoms. The topological polar surface area (TPSA) is 61.8 Å². The zero-order valence-electron chi connectivity index (χ0n) is 10.3. The fourth-order valence-corrected chi connectivity index (χ4v) is 1.84. The van der Waals surface area contributed by atoms with Gasteiger partial charge in [-0.15, -0.1) is 0 Å². The van der Waals surface area contributed by atoms with Crippen LogP contribution < -0.4 is 0 Å². The molecule has 0 aromatic heterocycles. The van der Waals surface area contributed by atoms with E-state index in [2.05, 4.69) is 4.18 Å². The molecule has 0 amide bonds. The average molecular weight is 264 g/mol. The van der Waals surface area contributed by atoms with Gasteiger partial charge < -0.3 is 9.47 Å². The lowest BCUT2D eigenvalue weighted by molar-refractivity contribution is -0.175. The van der Waals surface area contributed by atoms with Crippen molar-refractivity contribution in [2.75, 3.05) is 19.5 Å². The monoisotopic (exact) mass is 264 g/mol. The summed E-state index contributed by atoms with van der Waals surface area (Å²) >= 11 is 0. The van der Waals surface area contributed by atoms with Gasteiger partial charge in [-0.1, -0.05) is 12.2 Å². The van der Waals surface area contributed by atoms with E-state index in [0.29, 0.717) is 0 Å². The zero-order valence-corrected chi connectivity index (χ0v) is 11.1. The lowest BCUT2D eigenvalue weighted by atomic mass is 10.2. The highest BCUT2D eigenvalue weighted by molar-refractivity contribution is 7.85. The van der Waals surface area contributed by atoms with Crippen LogP contribution in [0.25, 0.3) is 0 Å². The van der Waals surface area contributed by atoms with E-state index in [1.807, 2.05) is 6.92 Å². The third kappa shape index (κ3) is 7.49. The van der Waals surface area contributed by atoms with Crippen LogP contribution in [0.5, 0.6) is 0 Å². The van der Waals surface area contributed by atoms with E-state index < -0.39 is 10.1 Å². The van der Waals surface area contributed by atoms with Crippen molar-refractivity contribution in [2.45, 2.75) is 38.6 Å². The van der Waals surface area contributed by atoms with Crippen LogP contribution in [0.2, 0.25) is 0 Å². The molecule has 0 aliphatic carbocycles. The van der Waals surface area contributed by atoms with E-state index in [1.54, 1.807) is 12.2 Å². The average Bonchev–Trinajstić information content (AvgIpc) is 2.25. The molecule has 1 heterocycles. The minimum Gasteiger partial charge on any atom is -0.353 e. The Morgan fingerprint density at radius 2 is 2.24 bits per heavy atom. The Morgan fingerprint density at radius 3 is 2.82 bits per heavy atom. The van der Waals surface area contributed by atoms with Crippen molar-refractivity contribution in [1.82, 2.24) is 0 Å². The highest BCUT2D eigenvalue weighted by Crippen LogP contribution is 2.15. The quantitative estimate of drug-likeness (QED) is 0.537. The fourth-order valence-electron chi connectivity index (χ4n) is 1.51. The maximum atomic E-state index is 10.7. The van der Waals surface area contributed by atoms with Crippen LogP contribution in [0.1, 0.15) is 26.2 Å². The van der Waals surface area contributed by atoms with Crippen LogP contribution in [0.15, 0.2) is 12.2 Å². The molecular formula is C11H20O5S. The number of hydrogen-bond donors (Lipinski definition) is 0. The molecule has 1 fully saturated rings. The zero-order chi connectivity index (χ0) is 12.7. The van der Waals surface area contributed by atoms with E-state index in [1.165, 1.54) is 0 Å². The van der Waals surface area contributed by atoms with E-state index in [-0.39, 0.29) is 19.0 Å². The molecule has 0 spiro atoms. The Labute approximate surface area is 103 Å². The maximum absolute atomic E-state index is 10.7. The standard InChI is InChI=1S/C11H20O5S/c1-10(6-5-9-15-17(2,12)13)16-11-7-3-4-8-14-11/h5-6,10-11H,3-4,7-9H2,1-2H3/b6-5+/t10-,11?/m0/s1. The lowest BCUT2D eigenvalue weighted by Gasteiger charge is -2.24. The van der Waals surface area contributed by atoms with Gasteiger partial charge in [0.2, 0.25) is 0 Å². The second-order valence-electron chi connectivity index (χ2n) is 4.05. The first-order valence-corrected chi connectivity index (χ1v) is 7.57. The SMILES string of the molecule is C[C@@H](/C=C/COS(C)(=O)=O)OC1CCCCO1. The van der Waals surface area contributed by atoms with Crippen LogP contribution in [0, 0.1) is 0 Å². The Bertz CT molecular complexity index is 330. The Morgan fingerprint density at radius 1 is 1.47 bits per heavy atom. The van der Waals surface area contributed by atoms with Crippen molar-refractivity contribution in [3.8, 4) is 0 Å². The van der Waals surface area contributed by atoms with Crippen molar-refractivity contribution in [1.29, 1.82) is 0 Å². The third-order valence-electron chi connectivity index (χ3n) is 2.29. The maximum Gasteiger partial charge on any atom is 0.264 e. The van der Waals surface area contributed by atoms with Gasteiger partial charge in [0.1, 0.15) is 0 Å². The van der Waals surface area contributed by atoms with Gasteiger partial charge in [-0.25, -0.2) is 0 Å². The van der Waals surface area contributed by atoms with Gasteiger partial charge in [0.15, 0.2) is 6.29 Å². The molecule has 0 N–H and O–H groups in total. The van der Waals surface area contributed by atoms with Gasteiger partial charge in [0.05, 0.1) is 19.0 Å². The molecule has 2 atom stereocenters. The Kier molecular flexibility index (Phi) is 6.11. The van der Waals surface area contributed by atoms with Crippen LogP contribution in [0.4, 0.5) is 0 Å². The van der Waals surface area contributed by atoms with Crippen molar-refractivity contribution >= 4 is 10.1 Å². The lowest BCUT2D eigenvalue weighted by Crippen LogP contribution is -2.25. The van der Waals surface area contributed by atoms with Crippen LogP contribution in [-0.2, 0) is 23.8 Å². The summed E-state index contributed by atoms with van der Waals surface area (Å²) in [6.45, 7) is 2.67. The van der Waals surface area contributed by atoms with Crippen LogP contribution >= 0.6 is 0 Å². The molecule has 1 rings (SSSR count). The Balaban J connectivity index is 2.19. The van der Waals surface area contributed by atoms with Gasteiger partial charge in [-0.2, -0.15) is 8.42 Å². The summed E-state index contributed by atoms with van der Waals surface area (Å²) in [5.74, 6) is 0. The fraction of sp³-hybridized carbons (Fsp3) is 0.818. The minimum atomic E-state index is -3.37. The molecule has 1 saturated heterocycles. The van der Waals surface area contributed by atoms with Gasteiger partial charge in [0.25, 0.3) is 10.1 Å². The summed E-state index contributed by atoms with van der Waals surface area (Å²) < 4.78 is 37.0. The smallest absolute Gasteiger partial charge is 0.264 e. The number of hydrogen-bond acceptors (Lipinski definition) is 5. The molecule has 0 aromatic carbocycles. The largest absolute Gasteiger partial charge is 0.353 e. The van der Waals surface area contributed by atoms with Gasteiger partial charge >= 0.3 is 0 Å². The molecular weight excluding hydrogens is 244 g/mol. The summed E-state index contributed by atoms with van der Waals surface area (Å²) in [4.78, 5) is 0. The van der Waals surface area contributed by atoms with Crippen molar-refractivity contribution in [3.63, 3.8) is 0 Å². The van der Waals surface area contributed by atoms with Gasteiger partial charge in [-0.3, -0.25) is 4.18 Å². The molecule has 5 nitrogen and oxygen atoms in total. The molecule has 1 aliphatic heterocycles. The van der Waals surface area contributed by atoms with E-state index in [0.717, 1.165) is 32.1 Å². The summed E-state index contributed by atoms with van der Waals surface area (Å²) in [5.41, 5.74) is 0. The first-order chi connectivity index (χ1) is 7.97. The highest BCUT2D eigenvalue weighted by atomic mass is 32.2.